The molecule has 1 amide bonds. The van der Waals surface area contributed by atoms with Crippen LogP contribution in [0.15, 0.2) is 76.5 Å². The van der Waals surface area contributed by atoms with Crippen molar-refractivity contribution in [1.29, 1.82) is 0 Å². The second-order valence-corrected chi connectivity index (χ2v) is 9.29. The van der Waals surface area contributed by atoms with Crippen LogP contribution in [0.2, 0.25) is 0 Å². The molecule has 1 aliphatic rings. The summed E-state index contributed by atoms with van der Waals surface area (Å²) in [5.41, 5.74) is 2.31. The molecule has 0 fully saturated rings. The number of nitrogens with zero attached hydrogens (tertiary/aromatic N) is 2. The molecule has 0 atom stereocenters. The van der Waals surface area contributed by atoms with Crippen LogP contribution in [-0.2, 0) is 11.3 Å². The van der Waals surface area contributed by atoms with Gasteiger partial charge in [-0.3, -0.25) is 14.2 Å². The summed E-state index contributed by atoms with van der Waals surface area (Å²) < 4.78 is 12.6. The molecule has 0 aliphatic carbocycles. The minimum atomic E-state index is -0.211. The maximum absolute atomic E-state index is 13.4. The van der Waals surface area contributed by atoms with Crippen molar-refractivity contribution in [3.63, 3.8) is 0 Å². The molecule has 0 radical (unpaired) electrons. The van der Waals surface area contributed by atoms with E-state index in [1.165, 1.54) is 23.1 Å². The van der Waals surface area contributed by atoms with E-state index in [1.807, 2.05) is 35.7 Å². The Hall–Kier alpha value is -3.56. The highest BCUT2D eigenvalue weighted by Gasteiger charge is 2.18. The Bertz CT molecular complexity index is 1430. The number of nitrogens with one attached hydrogen (secondary N) is 1. The summed E-state index contributed by atoms with van der Waals surface area (Å²) in [6.07, 6.45) is 1.66. The van der Waals surface area contributed by atoms with E-state index in [4.69, 9.17) is 14.5 Å². The lowest BCUT2D eigenvalue weighted by atomic mass is 10.1. The monoisotopic (exact) mass is 491 g/mol. The Kier molecular flexibility index (Phi) is 6.37. The Balaban J connectivity index is 1.38. The molecule has 2 aromatic carbocycles. The molecule has 2 aromatic heterocycles. The van der Waals surface area contributed by atoms with Crippen LogP contribution in [0.4, 0.5) is 5.69 Å². The molecule has 172 valence electrons. The van der Waals surface area contributed by atoms with Crippen LogP contribution in [0, 0.1) is 0 Å². The quantitative estimate of drug-likeness (QED) is 0.227. The highest BCUT2D eigenvalue weighted by Crippen LogP contribution is 2.33. The first-order valence-corrected chi connectivity index (χ1v) is 12.5. The molecule has 1 aliphatic heterocycles. The van der Waals surface area contributed by atoms with Gasteiger partial charge in [0.15, 0.2) is 16.7 Å². The van der Waals surface area contributed by atoms with E-state index in [-0.39, 0.29) is 17.2 Å². The predicted octanol–water partition coefficient (Wildman–Crippen LogP) is 4.81. The van der Waals surface area contributed by atoms with Gasteiger partial charge in [0, 0.05) is 29.2 Å². The minimum absolute atomic E-state index is 0.0977. The number of thioether (sulfide) groups is 1. The van der Waals surface area contributed by atoms with Crippen molar-refractivity contribution in [2.45, 2.75) is 11.7 Å². The maximum atomic E-state index is 13.4. The van der Waals surface area contributed by atoms with E-state index in [2.05, 4.69) is 11.9 Å². The largest absolute Gasteiger partial charge is 0.486 e. The van der Waals surface area contributed by atoms with Gasteiger partial charge in [0.1, 0.15) is 18.0 Å². The van der Waals surface area contributed by atoms with Gasteiger partial charge in [-0.15, -0.1) is 17.9 Å². The van der Waals surface area contributed by atoms with Crippen LogP contribution in [-0.4, -0.2) is 34.4 Å². The molecule has 34 heavy (non-hydrogen) atoms. The molecule has 9 heteroatoms. The van der Waals surface area contributed by atoms with Gasteiger partial charge in [0.25, 0.3) is 5.56 Å². The molecule has 0 bridgehead atoms. The van der Waals surface area contributed by atoms with Crippen molar-refractivity contribution in [2.75, 3.05) is 24.3 Å². The fraction of sp³-hybridized carbons (Fsp3) is 0.160. The van der Waals surface area contributed by atoms with Gasteiger partial charge in [0.2, 0.25) is 5.91 Å². The molecule has 4 aromatic rings. The van der Waals surface area contributed by atoms with Crippen molar-refractivity contribution in [1.82, 2.24) is 9.55 Å². The zero-order chi connectivity index (χ0) is 23.5. The lowest BCUT2D eigenvalue weighted by Crippen LogP contribution is -2.23. The number of aromatic nitrogens is 2. The topological polar surface area (TPSA) is 82.5 Å². The molecule has 5 rings (SSSR count). The van der Waals surface area contributed by atoms with E-state index < -0.39 is 0 Å². The Morgan fingerprint density at radius 2 is 1.97 bits per heavy atom. The molecular weight excluding hydrogens is 470 g/mol. The third-order valence-corrected chi connectivity index (χ3v) is 7.06. The van der Waals surface area contributed by atoms with Crippen molar-refractivity contribution in [2.24, 2.45) is 0 Å². The van der Waals surface area contributed by atoms with Gasteiger partial charge < -0.3 is 14.8 Å². The fourth-order valence-electron chi connectivity index (χ4n) is 3.68. The van der Waals surface area contributed by atoms with Gasteiger partial charge in [-0.25, -0.2) is 4.98 Å². The summed E-state index contributed by atoms with van der Waals surface area (Å²) in [6.45, 7) is 5.07. The summed E-state index contributed by atoms with van der Waals surface area (Å²) in [5, 5.41) is 5.89. The van der Waals surface area contributed by atoms with Crippen molar-refractivity contribution < 1.29 is 14.3 Å². The third kappa shape index (κ3) is 4.44. The van der Waals surface area contributed by atoms with E-state index in [9.17, 15) is 9.59 Å². The van der Waals surface area contributed by atoms with E-state index in [0.717, 1.165) is 11.1 Å². The van der Waals surface area contributed by atoms with Crippen LogP contribution < -0.4 is 20.3 Å². The third-order valence-electron chi connectivity index (χ3n) is 5.21. The second-order valence-electron chi connectivity index (χ2n) is 7.49. The van der Waals surface area contributed by atoms with E-state index in [0.29, 0.717) is 52.3 Å². The van der Waals surface area contributed by atoms with Crippen molar-refractivity contribution in [3.05, 3.63) is 76.9 Å². The zero-order valence-corrected chi connectivity index (χ0v) is 19.8. The summed E-state index contributed by atoms with van der Waals surface area (Å²) in [7, 11) is 0. The number of ether oxygens (including phenoxy) is 2. The molecule has 0 spiro atoms. The number of rotatable bonds is 7. The van der Waals surface area contributed by atoms with Gasteiger partial charge in [-0.2, -0.15) is 0 Å². The molecular formula is C25H21N3O4S2. The van der Waals surface area contributed by atoms with Crippen molar-refractivity contribution in [3.8, 4) is 22.6 Å². The smallest absolute Gasteiger partial charge is 0.263 e. The average Bonchev–Trinajstić information content (AvgIpc) is 3.29. The van der Waals surface area contributed by atoms with Crippen molar-refractivity contribution >= 4 is 44.9 Å². The Morgan fingerprint density at radius 1 is 1.18 bits per heavy atom. The first-order chi connectivity index (χ1) is 16.6. The molecule has 3 heterocycles. The number of carbonyl (C=O) groups is 1. The molecule has 1 N–H and O–H groups in total. The van der Waals surface area contributed by atoms with Crippen LogP contribution in [0.5, 0.6) is 11.5 Å². The number of benzene rings is 2. The number of fused-ring (bicyclic) bond motifs is 2. The van der Waals surface area contributed by atoms with Crippen LogP contribution >= 0.6 is 23.1 Å². The molecule has 0 saturated heterocycles. The molecule has 0 saturated carbocycles. The lowest BCUT2D eigenvalue weighted by Gasteiger charge is -2.19. The van der Waals surface area contributed by atoms with Crippen LogP contribution in [0.1, 0.15) is 0 Å². The normalized spacial score (nSPS) is 12.5. The summed E-state index contributed by atoms with van der Waals surface area (Å²) in [4.78, 5) is 31.4. The number of carbonyl (C=O) groups excluding carboxylic acids is 1. The van der Waals surface area contributed by atoms with Gasteiger partial charge in [-0.05, 0) is 17.7 Å². The number of hydrogen-bond acceptors (Lipinski definition) is 7. The number of hydrogen-bond donors (Lipinski definition) is 1. The number of thiophene rings is 1. The number of allylic oxidation sites excluding steroid dienone is 1. The van der Waals surface area contributed by atoms with Crippen LogP contribution in [0.25, 0.3) is 21.3 Å². The minimum Gasteiger partial charge on any atom is -0.486 e. The summed E-state index contributed by atoms with van der Waals surface area (Å²) >= 11 is 2.64. The summed E-state index contributed by atoms with van der Waals surface area (Å²) in [6, 6.07) is 15.1. The van der Waals surface area contributed by atoms with E-state index >= 15 is 0 Å². The first kappa shape index (κ1) is 22.2. The zero-order valence-electron chi connectivity index (χ0n) is 18.2. The van der Waals surface area contributed by atoms with Gasteiger partial charge in [0.05, 0.1) is 11.1 Å². The Morgan fingerprint density at radius 3 is 2.76 bits per heavy atom. The highest BCUT2D eigenvalue weighted by molar-refractivity contribution is 7.99. The Labute approximate surface area is 204 Å². The standard InChI is InChI=1S/C25H21N3O4S2/c1-2-10-28-24(30)22-18(16-6-4-3-5-7-16)14-33-23(22)27-25(28)34-15-21(29)26-17-8-9-19-20(13-17)32-12-11-31-19/h2-9,13-14H,1,10-12,15H2,(H,26,29). The van der Waals surface area contributed by atoms with Gasteiger partial charge >= 0.3 is 0 Å². The van der Waals surface area contributed by atoms with E-state index in [1.54, 1.807) is 28.8 Å². The highest BCUT2D eigenvalue weighted by atomic mass is 32.2. The van der Waals surface area contributed by atoms with Gasteiger partial charge in [-0.1, -0.05) is 48.2 Å². The fourth-order valence-corrected chi connectivity index (χ4v) is 5.48. The maximum Gasteiger partial charge on any atom is 0.263 e. The predicted molar refractivity (Wildman–Crippen MR) is 136 cm³/mol. The first-order valence-electron chi connectivity index (χ1n) is 10.6. The lowest BCUT2D eigenvalue weighted by molar-refractivity contribution is -0.113. The summed E-state index contributed by atoms with van der Waals surface area (Å²) in [5.74, 6) is 1.16. The number of amides is 1. The average molecular weight is 492 g/mol. The molecule has 7 nitrogen and oxygen atoms in total. The SMILES string of the molecule is C=CCn1c(SCC(=O)Nc2ccc3c(c2)OCCO3)nc2scc(-c3ccccc3)c2c1=O. The molecule has 0 unspecified atom stereocenters. The van der Waals surface area contributed by atoms with Crippen LogP contribution in [0.3, 0.4) is 0 Å². The number of anilines is 1. The second kappa shape index (κ2) is 9.74.